The van der Waals surface area contributed by atoms with Gasteiger partial charge in [-0.3, -0.25) is 0 Å². The van der Waals surface area contributed by atoms with Crippen molar-refractivity contribution in [2.75, 3.05) is 0 Å². The molecule has 0 unspecified atom stereocenters. The maximum atomic E-state index is 13.7. The molecule has 0 aliphatic heterocycles. The molecule has 0 aromatic heterocycles. The van der Waals surface area contributed by atoms with Gasteiger partial charge in [-0.25, -0.2) is 4.39 Å². The fraction of sp³-hybridized carbons (Fsp3) is 0.0714. The zero-order valence-corrected chi connectivity index (χ0v) is 12.5. The quantitative estimate of drug-likeness (QED) is 0.847. The number of thiocarbonyl (C=S) groups is 1. The Morgan fingerprint density at radius 2 is 2.00 bits per heavy atom. The molecule has 0 saturated heterocycles. The van der Waals surface area contributed by atoms with Gasteiger partial charge in [0.05, 0.1) is 5.56 Å². The van der Waals surface area contributed by atoms with Crippen LogP contribution in [0, 0.1) is 5.82 Å². The van der Waals surface area contributed by atoms with Crippen molar-refractivity contribution < 1.29 is 9.13 Å². The third-order valence-electron chi connectivity index (χ3n) is 2.61. The summed E-state index contributed by atoms with van der Waals surface area (Å²) < 4.78 is 19.2. The molecule has 0 atom stereocenters. The first-order chi connectivity index (χ1) is 9.49. The van der Waals surface area contributed by atoms with E-state index in [0.717, 1.165) is 0 Å². The molecule has 0 aliphatic carbocycles. The molecule has 0 heterocycles. The number of benzene rings is 2. The summed E-state index contributed by atoms with van der Waals surface area (Å²) in [5.41, 5.74) is 6.28. The summed E-state index contributed by atoms with van der Waals surface area (Å²) >= 11 is 16.7. The highest BCUT2D eigenvalue weighted by Crippen LogP contribution is 2.25. The van der Waals surface area contributed by atoms with Gasteiger partial charge < -0.3 is 10.5 Å². The van der Waals surface area contributed by atoms with Gasteiger partial charge in [-0.1, -0.05) is 41.5 Å². The second-order valence-corrected chi connectivity index (χ2v) is 5.29. The highest BCUT2D eigenvalue weighted by molar-refractivity contribution is 7.80. The van der Waals surface area contributed by atoms with Gasteiger partial charge in [0, 0.05) is 15.6 Å². The van der Waals surface area contributed by atoms with E-state index in [2.05, 4.69) is 0 Å². The summed E-state index contributed by atoms with van der Waals surface area (Å²) in [6.45, 7) is 0.137. The standard InChI is InChI=1S/C14H10Cl2FNOS/c15-9-4-5-10(16)8(6-9)7-19-12-3-1-2-11(17)13(12)14(18)20/h1-6H,7H2,(H2,18,20). The molecule has 6 heteroatoms. The Morgan fingerprint density at radius 1 is 1.25 bits per heavy atom. The third-order valence-corrected chi connectivity index (χ3v) is 3.42. The van der Waals surface area contributed by atoms with Crippen LogP contribution in [0.1, 0.15) is 11.1 Å². The molecule has 20 heavy (non-hydrogen) atoms. The summed E-state index contributed by atoms with van der Waals surface area (Å²) in [7, 11) is 0. The summed E-state index contributed by atoms with van der Waals surface area (Å²) in [4.78, 5) is -0.0599. The Bertz CT molecular complexity index is 664. The lowest BCUT2D eigenvalue weighted by atomic mass is 10.2. The summed E-state index contributed by atoms with van der Waals surface area (Å²) in [5, 5.41) is 1.06. The maximum Gasteiger partial charge on any atom is 0.137 e. The van der Waals surface area contributed by atoms with E-state index in [-0.39, 0.29) is 22.9 Å². The fourth-order valence-electron chi connectivity index (χ4n) is 1.67. The van der Waals surface area contributed by atoms with Gasteiger partial charge in [-0.05, 0) is 30.3 Å². The van der Waals surface area contributed by atoms with Gasteiger partial charge in [-0.2, -0.15) is 0 Å². The Morgan fingerprint density at radius 3 is 2.70 bits per heavy atom. The topological polar surface area (TPSA) is 35.2 Å². The van der Waals surface area contributed by atoms with E-state index in [1.807, 2.05) is 0 Å². The van der Waals surface area contributed by atoms with Crippen LogP contribution in [0.2, 0.25) is 10.0 Å². The zero-order chi connectivity index (χ0) is 14.7. The SMILES string of the molecule is NC(=S)c1c(F)cccc1OCc1cc(Cl)ccc1Cl. The van der Waals surface area contributed by atoms with E-state index in [9.17, 15) is 4.39 Å². The Balaban J connectivity index is 2.25. The average Bonchev–Trinajstić information content (AvgIpc) is 2.39. The van der Waals surface area contributed by atoms with E-state index >= 15 is 0 Å². The van der Waals surface area contributed by atoms with Gasteiger partial charge in [0.25, 0.3) is 0 Å². The van der Waals surface area contributed by atoms with Crippen molar-refractivity contribution in [2.45, 2.75) is 6.61 Å². The van der Waals surface area contributed by atoms with Crippen molar-refractivity contribution in [3.63, 3.8) is 0 Å². The second-order valence-electron chi connectivity index (χ2n) is 4.00. The minimum atomic E-state index is -0.521. The highest BCUT2D eigenvalue weighted by Gasteiger charge is 2.13. The molecule has 0 bridgehead atoms. The second kappa shape index (κ2) is 6.39. The summed E-state index contributed by atoms with van der Waals surface area (Å²) in [6.07, 6.45) is 0. The molecule has 0 spiro atoms. The van der Waals surface area contributed by atoms with Gasteiger partial charge in [0.1, 0.15) is 23.2 Å². The number of nitrogens with two attached hydrogens (primary N) is 1. The molecule has 2 nitrogen and oxygen atoms in total. The number of hydrogen-bond donors (Lipinski definition) is 1. The molecule has 2 N–H and O–H groups in total. The number of halogens is 3. The number of ether oxygens (including phenoxy) is 1. The van der Waals surface area contributed by atoms with Gasteiger partial charge in [0.2, 0.25) is 0 Å². The zero-order valence-electron chi connectivity index (χ0n) is 10.2. The molecule has 0 fully saturated rings. The minimum Gasteiger partial charge on any atom is -0.488 e. The minimum absolute atomic E-state index is 0.0599. The van der Waals surface area contributed by atoms with Crippen LogP contribution in [0.3, 0.4) is 0 Å². The first kappa shape index (κ1) is 15.0. The predicted molar refractivity (Wildman–Crippen MR) is 83.1 cm³/mol. The van der Waals surface area contributed by atoms with Crippen molar-refractivity contribution in [2.24, 2.45) is 5.73 Å². The predicted octanol–water partition coefficient (Wildman–Crippen LogP) is 4.35. The van der Waals surface area contributed by atoms with Crippen molar-refractivity contribution in [1.82, 2.24) is 0 Å². The number of rotatable bonds is 4. The monoisotopic (exact) mass is 329 g/mol. The molecule has 2 rings (SSSR count). The lowest BCUT2D eigenvalue weighted by Gasteiger charge is -2.12. The van der Waals surface area contributed by atoms with E-state index < -0.39 is 5.82 Å². The van der Waals surface area contributed by atoms with Crippen LogP contribution in [0.5, 0.6) is 5.75 Å². The molecule has 2 aromatic carbocycles. The molecule has 0 amide bonds. The normalized spacial score (nSPS) is 10.3. The molecular formula is C14H10Cl2FNOS. The van der Waals surface area contributed by atoms with Crippen molar-refractivity contribution in [3.8, 4) is 5.75 Å². The Labute approximate surface area is 131 Å². The molecule has 0 aliphatic rings. The maximum absolute atomic E-state index is 13.7. The average molecular weight is 330 g/mol. The third kappa shape index (κ3) is 3.39. The van der Waals surface area contributed by atoms with Crippen LogP contribution in [-0.2, 0) is 6.61 Å². The molecule has 0 saturated carbocycles. The van der Waals surface area contributed by atoms with Gasteiger partial charge in [0.15, 0.2) is 0 Å². The first-order valence-corrected chi connectivity index (χ1v) is 6.80. The highest BCUT2D eigenvalue weighted by atomic mass is 35.5. The largest absolute Gasteiger partial charge is 0.488 e. The molecular weight excluding hydrogens is 320 g/mol. The van der Waals surface area contributed by atoms with E-state index in [1.54, 1.807) is 24.3 Å². The van der Waals surface area contributed by atoms with Crippen LogP contribution in [-0.4, -0.2) is 4.99 Å². The molecule has 2 aromatic rings. The van der Waals surface area contributed by atoms with E-state index in [0.29, 0.717) is 15.6 Å². The van der Waals surface area contributed by atoms with E-state index in [4.69, 9.17) is 45.9 Å². The van der Waals surface area contributed by atoms with Crippen LogP contribution >= 0.6 is 35.4 Å². The van der Waals surface area contributed by atoms with Crippen LogP contribution < -0.4 is 10.5 Å². The molecule has 104 valence electrons. The van der Waals surface area contributed by atoms with Crippen LogP contribution in [0.4, 0.5) is 4.39 Å². The van der Waals surface area contributed by atoms with Crippen molar-refractivity contribution >= 4 is 40.4 Å². The fourth-order valence-corrected chi connectivity index (χ4v) is 2.24. The molecule has 0 radical (unpaired) electrons. The first-order valence-electron chi connectivity index (χ1n) is 5.64. The lowest BCUT2D eigenvalue weighted by molar-refractivity contribution is 0.304. The van der Waals surface area contributed by atoms with Gasteiger partial charge in [-0.15, -0.1) is 0 Å². The van der Waals surface area contributed by atoms with Crippen molar-refractivity contribution in [3.05, 3.63) is 63.4 Å². The number of hydrogen-bond acceptors (Lipinski definition) is 2. The van der Waals surface area contributed by atoms with Gasteiger partial charge >= 0.3 is 0 Å². The Kier molecular flexibility index (Phi) is 4.81. The summed E-state index contributed by atoms with van der Waals surface area (Å²) in [5.74, 6) is -0.249. The van der Waals surface area contributed by atoms with E-state index in [1.165, 1.54) is 12.1 Å². The lowest BCUT2D eigenvalue weighted by Crippen LogP contribution is -2.14. The van der Waals surface area contributed by atoms with Crippen molar-refractivity contribution in [1.29, 1.82) is 0 Å². The van der Waals surface area contributed by atoms with Crippen LogP contribution in [0.15, 0.2) is 36.4 Å². The smallest absolute Gasteiger partial charge is 0.137 e. The summed E-state index contributed by atoms with van der Waals surface area (Å²) in [6, 6.07) is 9.41. The van der Waals surface area contributed by atoms with Crippen LogP contribution in [0.25, 0.3) is 0 Å². The Hall–Kier alpha value is -1.36.